The van der Waals surface area contributed by atoms with E-state index in [1.54, 1.807) is 0 Å². The van der Waals surface area contributed by atoms with E-state index in [0.717, 1.165) is 13.0 Å². The van der Waals surface area contributed by atoms with E-state index in [9.17, 15) is 0 Å². The largest absolute Gasteiger partial charge is 0.381 e. The maximum atomic E-state index is 3.55. The van der Waals surface area contributed by atoms with Gasteiger partial charge in [-0.3, -0.25) is 0 Å². The average Bonchev–Trinajstić information content (AvgIpc) is 2.40. The Labute approximate surface area is 110 Å². The number of nitrogens with one attached hydrogen (secondary N) is 1. The van der Waals surface area contributed by atoms with Gasteiger partial charge in [0.1, 0.15) is 0 Å². The van der Waals surface area contributed by atoms with Crippen LogP contribution in [0.25, 0.3) is 0 Å². The summed E-state index contributed by atoms with van der Waals surface area (Å²) in [4.78, 5) is 0. The molecule has 2 aromatic carbocycles. The molecule has 18 heavy (non-hydrogen) atoms. The predicted octanol–water partition coefficient (Wildman–Crippen LogP) is 4.48. The molecule has 2 aromatic rings. The molecular weight excluding hydrogens is 218 g/mol. The minimum absolute atomic E-state index is 0.893. The monoisotopic (exact) mass is 239 g/mol. The molecule has 1 heteroatoms. The number of hydrogen-bond donors (Lipinski definition) is 1. The summed E-state index contributed by atoms with van der Waals surface area (Å²) in [5.41, 5.74) is 6.67. The zero-order valence-corrected chi connectivity index (χ0v) is 11.5. The van der Waals surface area contributed by atoms with Crippen molar-refractivity contribution in [2.75, 3.05) is 5.32 Å². The number of benzene rings is 2. The molecule has 0 unspecified atom stereocenters. The Morgan fingerprint density at radius 2 is 1.72 bits per heavy atom. The average molecular weight is 239 g/mol. The van der Waals surface area contributed by atoms with Gasteiger partial charge in [0.2, 0.25) is 0 Å². The molecule has 0 atom stereocenters. The molecule has 2 rings (SSSR count). The minimum Gasteiger partial charge on any atom is -0.381 e. The molecule has 0 spiro atoms. The summed E-state index contributed by atoms with van der Waals surface area (Å²) in [5, 5.41) is 3.55. The molecule has 1 N–H and O–H groups in total. The zero-order chi connectivity index (χ0) is 13.0. The van der Waals surface area contributed by atoms with Crippen LogP contribution < -0.4 is 5.32 Å². The Hall–Kier alpha value is -1.76. The SMILES string of the molecule is CCc1ccccc1NCc1cc(C)ccc1C. The van der Waals surface area contributed by atoms with E-state index < -0.39 is 0 Å². The molecule has 0 saturated carbocycles. The second kappa shape index (κ2) is 5.72. The summed E-state index contributed by atoms with van der Waals surface area (Å²) in [6.45, 7) is 7.40. The van der Waals surface area contributed by atoms with E-state index in [-0.39, 0.29) is 0 Å². The summed E-state index contributed by atoms with van der Waals surface area (Å²) >= 11 is 0. The molecule has 0 aromatic heterocycles. The van der Waals surface area contributed by atoms with Gasteiger partial charge in [-0.15, -0.1) is 0 Å². The summed E-state index contributed by atoms with van der Waals surface area (Å²) in [5.74, 6) is 0. The van der Waals surface area contributed by atoms with Crippen LogP contribution >= 0.6 is 0 Å². The maximum absolute atomic E-state index is 3.55. The van der Waals surface area contributed by atoms with Gasteiger partial charge < -0.3 is 5.32 Å². The number of para-hydroxylation sites is 1. The fourth-order valence-electron chi connectivity index (χ4n) is 2.18. The van der Waals surface area contributed by atoms with Gasteiger partial charge >= 0.3 is 0 Å². The second-order valence-corrected chi connectivity index (χ2v) is 4.79. The first kappa shape index (κ1) is 12.7. The van der Waals surface area contributed by atoms with E-state index in [2.05, 4.69) is 68.6 Å². The summed E-state index contributed by atoms with van der Waals surface area (Å²) in [6.07, 6.45) is 1.07. The lowest BCUT2D eigenvalue weighted by molar-refractivity contribution is 1.08. The quantitative estimate of drug-likeness (QED) is 0.829. The Kier molecular flexibility index (Phi) is 4.03. The summed E-state index contributed by atoms with van der Waals surface area (Å²) in [7, 11) is 0. The Morgan fingerprint density at radius 1 is 0.944 bits per heavy atom. The molecule has 0 aliphatic carbocycles. The first-order chi connectivity index (χ1) is 8.70. The number of aryl methyl sites for hydroxylation is 3. The van der Waals surface area contributed by atoms with Crippen LogP contribution in [0, 0.1) is 13.8 Å². The van der Waals surface area contributed by atoms with Crippen molar-refractivity contribution in [3.05, 3.63) is 64.7 Å². The maximum Gasteiger partial charge on any atom is 0.0403 e. The highest BCUT2D eigenvalue weighted by atomic mass is 14.9. The van der Waals surface area contributed by atoms with Crippen molar-refractivity contribution in [1.82, 2.24) is 0 Å². The molecule has 0 heterocycles. The van der Waals surface area contributed by atoms with Crippen LogP contribution in [0.3, 0.4) is 0 Å². The van der Waals surface area contributed by atoms with Gasteiger partial charge in [0.05, 0.1) is 0 Å². The number of rotatable bonds is 4. The van der Waals surface area contributed by atoms with E-state index in [0.29, 0.717) is 0 Å². The van der Waals surface area contributed by atoms with E-state index in [1.807, 2.05) is 0 Å². The van der Waals surface area contributed by atoms with Crippen molar-refractivity contribution in [2.24, 2.45) is 0 Å². The predicted molar refractivity (Wildman–Crippen MR) is 79.1 cm³/mol. The van der Waals surface area contributed by atoms with Gasteiger partial charge in [0, 0.05) is 12.2 Å². The van der Waals surface area contributed by atoms with Crippen LogP contribution in [-0.4, -0.2) is 0 Å². The molecule has 0 radical (unpaired) electrons. The first-order valence-electron chi connectivity index (χ1n) is 6.58. The van der Waals surface area contributed by atoms with Gasteiger partial charge in [-0.1, -0.05) is 48.9 Å². The third kappa shape index (κ3) is 2.92. The Morgan fingerprint density at radius 3 is 2.50 bits per heavy atom. The fourth-order valence-corrected chi connectivity index (χ4v) is 2.18. The van der Waals surface area contributed by atoms with Crippen LogP contribution in [0.4, 0.5) is 5.69 Å². The van der Waals surface area contributed by atoms with Crippen LogP contribution in [0.1, 0.15) is 29.2 Å². The number of hydrogen-bond acceptors (Lipinski definition) is 1. The van der Waals surface area contributed by atoms with Gasteiger partial charge in [-0.05, 0) is 43.0 Å². The van der Waals surface area contributed by atoms with E-state index in [1.165, 1.54) is 27.9 Å². The molecule has 0 bridgehead atoms. The van der Waals surface area contributed by atoms with Gasteiger partial charge in [0.15, 0.2) is 0 Å². The van der Waals surface area contributed by atoms with Crippen LogP contribution in [0.15, 0.2) is 42.5 Å². The first-order valence-corrected chi connectivity index (χ1v) is 6.58. The van der Waals surface area contributed by atoms with Gasteiger partial charge in [0.25, 0.3) is 0 Å². The molecule has 1 nitrogen and oxygen atoms in total. The van der Waals surface area contributed by atoms with Crippen molar-refractivity contribution in [3.63, 3.8) is 0 Å². The van der Waals surface area contributed by atoms with Gasteiger partial charge in [-0.25, -0.2) is 0 Å². The van der Waals surface area contributed by atoms with Gasteiger partial charge in [-0.2, -0.15) is 0 Å². The Balaban J connectivity index is 2.14. The van der Waals surface area contributed by atoms with E-state index in [4.69, 9.17) is 0 Å². The molecule has 94 valence electrons. The highest BCUT2D eigenvalue weighted by Gasteiger charge is 2.01. The molecule has 0 amide bonds. The molecule has 0 aliphatic heterocycles. The highest BCUT2D eigenvalue weighted by molar-refractivity contribution is 5.51. The van der Waals surface area contributed by atoms with Crippen LogP contribution in [0.5, 0.6) is 0 Å². The normalized spacial score (nSPS) is 10.4. The molecule has 0 aliphatic rings. The highest BCUT2D eigenvalue weighted by Crippen LogP contribution is 2.18. The van der Waals surface area contributed by atoms with Crippen molar-refractivity contribution in [3.8, 4) is 0 Å². The summed E-state index contributed by atoms with van der Waals surface area (Å²) < 4.78 is 0. The lowest BCUT2D eigenvalue weighted by atomic mass is 10.1. The third-order valence-corrected chi connectivity index (χ3v) is 3.37. The van der Waals surface area contributed by atoms with Crippen LogP contribution in [0.2, 0.25) is 0 Å². The topological polar surface area (TPSA) is 12.0 Å². The molecule has 0 saturated heterocycles. The van der Waals surface area contributed by atoms with Crippen molar-refractivity contribution < 1.29 is 0 Å². The third-order valence-electron chi connectivity index (χ3n) is 3.37. The second-order valence-electron chi connectivity index (χ2n) is 4.79. The standard InChI is InChI=1S/C17H21N/c1-4-15-7-5-6-8-17(15)18-12-16-11-13(2)9-10-14(16)3/h5-11,18H,4,12H2,1-3H3. The lowest BCUT2D eigenvalue weighted by Crippen LogP contribution is -2.03. The van der Waals surface area contributed by atoms with Crippen molar-refractivity contribution in [2.45, 2.75) is 33.7 Å². The Bertz CT molecular complexity index is 529. The fraction of sp³-hybridized carbons (Fsp3) is 0.294. The lowest BCUT2D eigenvalue weighted by Gasteiger charge is -2.13. The zero-order valence-electron chi connectivity index (χ0n) is 11.5. The number of anilines is 1. The smallest absolute Gasteiger partial charge is 0.0403 e. The summed E-state index contributed by atoms with van der Waals surface area (Å²) in [6, 6.07) is 15.1. The van der Waals surface area contributed by atoms with Crippen molar-refractivity contribution in [1.29, 1.82) is 0 Å². The molecular formula is C17H21N. The van der Waals surface area contributed by atoms with Crippen LogP contribution in [-0.2, 0) is 13.0 Å². The van der Waals surface area contributed by atoms with E-state index >= 15 is 0 Å². The van der Waals surface area contributed by atoms with Crippen molar-refractivity contribution >= 4 is 5.69 Å². The minimum atomic E-state index is 0.893. The molecule has 0 fully saturated rings.